The average molecular weight is 434 g/mol. The van der Waals surface area contributed by atoms with E-state index in [2.05, 4.69) is 36.4 Å². The molecule has 0 aromatic heterocycles. The molecule has 0 amide bonds. The van der Waals surface area contributed by atoms with Crippen molar-refractivity contribution in [2.75, 3.05) is 0 Å². The van der Waals surface area contributed by atoms with Crippen molar-refractivity contribution in [3.05, 3.63) is 54.1 Å². The monoisotopic (exact) mass is 433 g/mol. The van der Waals surface area contributed by atoms with Crippen molar-refractivity contribution in [2.24, 2.45) is 58.0 Å². The van der Waals surface area contributed by atoms with Crippen molar-refractivity contribution in [2.45, 2.75) is 28.0 Å². The second-order valence-electron chi connectivity index (χ2n) is 10.9. The van der Waals surface area contributed by atoms with Crippen molar-refractivity contribution in [3.63, 3.8) is 0 Å². The molecule has 6 fully saturated rings. The first kappa shape index (κ1) is 17.5. The van der Waals surface area contributed by atoms with Gasteiger partial charge < -0.3 is 15.9 Å². The maximum Gasteiger partial charge on any atom is 0.324 e. The van der Waals surface area contributed by atoms with Crippen LogP contribution in [0.25, 0.3) is 0 Å². The van der Waals surface area contributed by atoms with Crippen LogP contribution in [0.4, 0.5) is 0 Å². The Hall–Kier alpha value is -2.05. The van der Waals surface area contributed by atoms with Crippen molar-refractivity contribution < 1.29 is 19.8 Å². The average Bonchev–Trinajstić information content (AvgIpc) is 2.78. The van der Waals surface area contributed by atoms with E-state index >= 15 is 0 Å². The van der Waals surface area contributed by atoms with Gasteiger partial charge in [0, 0.05) is 15.6 Å². The number of carbonyl (C=O) groups is 2. The van der Waals surface area contributed by atoms with Crippen molar-refractivity contribution in [3.8, 4) is 0 Å². The molecule has 0 saturated heterocycles. The van der Waals surface area contributed by atoms with Crippen LogP contribution < -0.4 is 5.73 Å². The Labute approximate surface area is 183 Å². The Balaban J connectivity index is 1.20. The summed E-state index contributed by atoms with van der Waals surface area (Å²) < 4.78 is 0. The largest absolute Gasteiger partial charge is 0.481 e. The molecule has 4 unspecified atom stereocenters. The molecule has 0 radical (unpaired) electrons. The van der Waals surface area contributed by atoms with E-state index in [0.29, 0.717) is 11.7 Å². The molecule has 1 heterocycles. The number of hydrogen-bond donors (Lipinski definition) is 3. The Morgan fingerprint density at radius 3 is 2.29 bits per heavy atom. The second kappa shape index (κ2) is 4.81. The molecule has 0 spiro atoms. The highest BCUT2D eigenvalue weighted by Crippen LogP contribution is 3.11. The minimum absolute atomic E-state index is 0.0545. The van der Waals surface area contributed by atoms with E-state index in [-0.39, 0.29) is 52.8 Å². The fourth-order valence-corrected chi connectivity index (χ4v) is 11.6. The minimum Gasteiger partial charge on any atom is -0.481 e. The molecule has 158 valence electrons. The first-order chi connectivity index (χ1) is 14.9. The molecule has 1 aliphatic heterocycles. The van der Waals surface area contributed by atoms with Gasteiger partial charge in [-0.05, 0) is 65.4 Å². The summed E-state index contributed by atoms with van der Waals surface area (Å²) in [5, 5.41) is 20.6. The van der Waals surface area contributed by atoms with Crippen LogP contribution in [0.5, 0.6) is 0 Å². The highest BCUT2D eigenvalue weighted by atomic mass is 32.2. The van der Waals surface area contributed by atoms with E-state index in [0.717, 1.165) is 0 Å². The number of aliphatic carboxylic acids is 2. The van der Waals surface area contributed by atoms with Crippen molar-refractivity contribution in [1.29, 1.82) is 0 Å². The van der Waals surface area contributed by atoms with E-state index in [1.165, 1.54) is 10.5 Å². The molecule has 7 aliphatic carbocycles. The number of benzene rings is 1. The van der Waals surface area contributed by atoms with Crippen LogP contribution >= 0.6 is 11.8 Å². The van der Waals surface area contributed by atoms with Crippen LogP contribution in [0, 0.1) is 52.3 Å². The van der Waals surface area contributed by atoms with Crippen LogP contribution in [-0.2, 0) is 9.59 Å². The van der Waals surface area contributed by atoms with Gasteiger partial charge in [-0.2, -0.15) is 0 Å². The summed E-state index contributed by atoms with van der Waals surface area (Å²) in [5.74, 6) is -0.0479. The van der Waals surface area contributed by atoms with Gasteiger partial charge >= 0.3 is 11.9 Å². The zero-order valence-corrected chi connectivity index (χ0v) is 17.5. The lowest BCUT2D eigenvalue weighted by atomic mass is 8.90. The van der Waals surface area contributed by atoms with Gasteiger partial charge in [-0.25, -0.2) is 0 Å². The van der Waals surface area contributed by atoms with Gasteiger partial charge in [-0.3, -0.25) is 9.59 Å². The van der Waals surface area contributed by atoms with Gasteiger partial charge in [0.25, 0.3) is 0 Å². The summed E-state index contributed by atoms with van der Waals surface area (Å²) in [6, 6.07) is 8.35. The van der Waals surface area contributed by atoms with E-state index in [9.17, 15) is 19.8 Å². The Morgan fingerprint density at radius 2 is 1.65 bits per heavy atom. The van der Waals surface area contributed by atoms with Crippen LogP contribution in [0.3, 0.4) is 0 Å². The van der Waals surface area contributed by atoms with Crippen LogP contribution in [0.1, 0.15) is 17.9 Å². The lowest BCUT2D eigenvalue weighted by Gasteiger charge is -3.11. The maximum atomic E-state index is 12.8. The topological polar surface area (TPSA) is 101 Å². The second-order valence-corrected chi connectivity index (χ2v) is 12.1. The summed E-state index contributed by atoms with van der Waals surface area (Å²) in [5.41, 5.74) is 6.03. The molecule has 4 N–H and O–H groups in total. The quantitative estimate of drug-likeness (QED) is 0.660. The highest BCUT2D eigenvalue weighted by Gasteiger charge is 3.13. The van der Waals surface area contributed by atoms with Gasteiger partial charge in [0.15, 0.2) is 0 Å². The molecular formula is C25H23NO4S. The molecule has 9 rings (SSSR count). The van der Waals surface area contributed by atoms with E-state index in [4.69, 9.17) is 5.73 Å². The van der Waals surface area contributed by atoms with Crippen LogP contribution in [0.15, 0.2) is 53.5 Å². The number of rotatable bonds is 5. The van der Waals surface area contributed by atoms with E-state index in [1.807, 2.05) is 23.9 Å². The fraction of sp³-hybridized carbons (Fsp3) is 0.520. The minimum atomic E-state index is -1.29. The van der Waals surface area contributed by atoms with E-state index < -0.39 is 22.9 Å². The van der Waals surface area contributed by atoms with Crippen LogP contribution in [0.2, 0.25) is 0 Å². The molecule has 1 aromatic carbocycles. The lowest BCUT2D eigenvalue weighted by molar-refractivity contribution is -0.652. The third kappa shape index (κ3) is 1.35. The van der Waals surface area contributed by atoms with Gasteiger partial charge in [-0.1, -0.05) is 42.5 Å². The normalized spacial score (nSPS) is 53.8. The van der Waals surface area contributed by atoms with Crippen molar-refractivity contribution in [1.82, 2.24) is 0 Å². The number of allylic oxidation sites excluding steroid dienone is 3. The first-order valence-electron chi connectivity index (χ1n) is 11.3. The Morgan fingerprint density at radius 1 is 1.00 bits per heavy atom. The molecule has 4 atom stereocenters. The zero-order valence-electron chi connectivity index (χ0n) is 16.7. The number of carboxylic acid groups (broad SMARTS) is 2. The number of nitrogens with two attached hydrogens (primary N) is 1. The molecule has 5 nitrogen and oxygen atoms in total. The smallest absolute Gasteiger partial charge is 0.324 e. The predicted octanol–water partition coefficient (Wildman–Crippen LogP) is 2.98. The Kier molecular flexibility index (Phi) is 2.72. The number of fused-ring (bicyclic) bond motifs is 2. The standard InChI is InChI=1S/C25H23NO4S/c26-23(21(27)28,25-18-15-19(25)17-20(25)16(18)24(15,17)22(29)30)9-12-10-5-1-3-7-13(10)31-14-8-4-2-6-11(12)14/h1-8,10,12-13,15-20H,9,26H2,(H,27,28)(H,29,30). The number of thioether (sulfide) groups is 1. The first-order valence-corrected chi connectivity index (χ1v) is 12.2. The number of carboxylic acids is 2. The molecule has 0 bridgehead atoms. The summed E-state index contributed by atoms with van der Waals surface area (Å²) in [7, 11) is 0. The van der Waals surface area contributed by atoms with Gasteiger partial charge in [0.05, 0.1) is 5.41 Å². The zero-order chi connectivity index (χ0) is 21.1. The molecular weight excluding hydrogens is 410 g/mol. The predicted molar refractivity (Wildman–Crippen MR) is 113 cm³/mol. The van der Waals surface area contributed by atoms with Crippen LogP contribution in [-0.4, -0.2) is 32.9 Å². The van der Waals surface area contributed by atoms with Crippen molar-refractivity contribution >= 4 is 23.7 Å². The van der Waals surface area contributed by atoms with Gasteiger partial charge in [0.1, 0.15) is 5.54 Å². The Bertz CT molecular complexity index is 1120. The molecule has 8 aliphatic rings. The molecule has 1 aromatic rings. The van der Waals surface area contributed by atoms with E-state index in [1.54, 1.807) is 0 Å². The molecule has 31 heavy (non-hydrogen) atoms. The third-order valence-corrected chi connectivity index (χ3v) is 12.2. The summed E-state index contributed by atoms with van der Waals surface area (Å²) in [4.78, 5) is 26.0. The fourth-order valence-electron chi connectivity index (χ4n) is 10.2. The summed E-state index contributed by atoms with van der Waals surface area (Å²) in [6.45, 7) is 0. The summed E-state index contributed by atoms with van der Waals surface area (Å²) in [6.07, 6.45) is 9.02. The SMILES string of the molecule is NC(CC1c2ccccc2SC2C=CC=CC21)(C(=O)O)C12C3C4C1C1C2C3C41C(=O)O. The highest BCUT2D eigenvalue weighted by molar-refractivity contribution is 8.00. The van der Waals surface area contributed by atoms with Gasteiger partial charge in [0.2, 0.25) is 0 Å². The summed E-state index contributed by atoms with van der Waals surface area (Å²) >= 11 is 1.85. The van der Waals surface area contributed by atoms with Gasteiger partial charge in [-0.15, -0.1) is 11.8 Å². The third-order valence-electron chi connectivity index (χ3n) is 10.9. The molecule has 6 heteroatoms. The number of hydrogen-bond acceptors (Lipinski definition) is 4. The molecule has 6 saturated carbocycles. The lowest BCUT2D eigenvalue weighted by Crippen LogP contribution is -3.14. The maximum absolute atomic E-state index is 12.8.